The highest BCUT2D eigenvalue weighted by atomic mass is 35.5. The number of aliphatic hydroxyl groups is 2. The Morgan fingerprint density at radius 3 is 2.79 bits per heavy atom. The second-order valence-corrected chi connectivity index (χ2v) is 7.97. The van der Waals surface area contributed by atoms with Crippen LogP contribution in [0.5, 0.6) is 0 Å². The van der Waals surface area contributed by atoms with Gasteiger partial charge in [0.05, 0.1) is 43.1 Å². The summed E-state index contributed by atoms with van der Waals surface area (Å²) in [6.45, 7) is 1.41. The summed E-state index contributed by atoms with van der Waals surface area (Å²) in [7, 11) is 0. The summed E-state index contributed by atoms with van der Waals surface area (Å²) < 4.78 is 26.2. The summed E-state index contributed by atoms with van der Waals surface area (Å²) in [6.07, 6.45) is -1.04. The number of carbonyl (C=O) groups is 1. The third-order valence-electron chi connectivity index (χ3n) is 5.23. The molecule has 0 unspecified atom stereocenters. The van der Waals surface area contributed by atoms with Crippen LogP contribution in [0.2, 0.25) is 5.02 Å². The first-order valence-electron chi connectivity index (χ1n) is 10.3. The number of hydrogen-bond donors (Lipinski definition) is 3. The number of aryl methyl sites for hydroxylation is 1. The second kappa shape index (κ2) is 11.0. The van der Waals surface area contributed by atoms with Gasteiger partial charge in [0.25, 0.3) is 11.5 Å². The molecule has 3 rings (SSSR count). The van der Waals surface area contributed by atoms with Crippen molar-refractivity contribution < 1.29 is 28.9 Å². The normalized spacial score (nSPS) is 20.2. The van der Waals surface area contributed by atoms with Gasteiger partial charge in [0.15, 0.2) is 0 Å². The topological polar surface area (TPSA) is 132 Å². The molecule has 0 radical (unpaired) electrons. The first-order valence-corrected chi connectivity index (χ1v) is 10.7. The smallest absolute Gasteiger partial charge is 0.333 e. The number of ether oxygens (including phenoxy) is 2. The lowest BCUT2D eigenvalue weighted by Gasteiger charge is -2.17. The van der Waals surface area contributed by atoms with Gasteiger partial charge in [-0.2, -0.15) is 0 Å². The molecule has 1 aliphatic heterocycles. The molecule has 2 heterocycles. The van der Waals surface area contributed by atoms with Crippen LogP contribution in [0.25, 0.3) is 0 Å². The van der Waals surface area contributed by atoms with E-state index in [1.807, 2.05) is 0 Å². The molecule has 10 nitrogen and oxygen atoms in total. The van der Waals surface area contributed by atoms with Gasteiger partial charge in [0, 0.05) is 24.7 Å². The molecule has 0 bridgehead atoms. The van der Waals surface area contributed by atoms with E-state index in [-0.39, 0.29) is 49.9 Å². The molecule has 1 saturated heterocycles. The zero-order valence-corrected chi connectivity index (χ0v) is 18.6. The molecule has 3 atom stereocenters. The molecule has 0 aliphatic carbocycles. The van der Waals surface area contributed by atoms with E-state index >= 15 is 0 Å². The van der Waals surface area contributed by atoms with Gasteiger partial charge in [-0.05, 0) is 25.1 Å². The number of amides is 1. The predicted octanol–water partition coefficient (Wildman–Crippen LogP) is 0.198. The van der Waals surface area contributed by atoms with Gasteiger partial charge in [-0.25, -0.2) is 9.18 Å². The van der Waals surface area contributed by atoms with E-state index in [0.717, 1.165) is 16.7 Å². The Morgan fingerprint density at radius 1 is 1.36 bits per heavy atom. The molecule has 3 N–H and O–H groups in total. The molecule has 0 saturated carbocycles. The maximum absolute atomic E-state index is 13.1. The van der Waals surface area contributed by atoms with Crippen LogP contribution < -0.4 is 16.6 Å². The van der Waals surface area contributed by atoms with Crippen LogP contribution in [0.3, 0.4) is 0 Å². The molecular formula is C21H25ClFN3O7. The third-order valence-corrected chi connectivity index (χ3v) is 5.54. The Labute approximate surface area is 193 Å². The third kappa shape index (κ3) is 5.87. The molecule has 1 aromatic carbocycles. The molecule has 1 fully saturated rings. The van der Waals surface area contributed by atoms with Crippen molar-refractivity contribution in [2.24, 2.45) is 0 Å². The molecule has 180 valence electrons. The van der Waals surface area contributed by atoms with Crippen molar-refractivity contribution in [1.82, 2.24) is 14.5 Å². The van der Waals surface area contributed by atoms with Crippen LogP contribution in [0.4, 0.5) is 4.39 Å². The summed E-state index contributed by atoms with van der Waals surface area (Å²) in [5.74, 6) is -1.03. The highest BCUT2D eigenvalue weighted by molar-refractivity contribution is 6.33. The molecule has 33 heavy (non-hydrogen) atoms. The second-order valence-electron chi connectivity index (χ2n) is 7.57. The van der Waals surface area contributed by atoms with E-state index in [1.54, 1.807) is 6.92 Å². The van der Waals surface area contributed by atoms with Crippen LogP contribution in [0.15, 0.2) is 34.0 Å². The van der Waals surface area contributed by atoms with Gasteiger partial charge >= 0.3 is 5.69 Å². The first kappa shape index (κ1) is 25.1. The number of rotatable bonds is 9. The largest absolute Gasteiger partial charge is 0.394 e. The van der Waals surface area contributed by atoms with Crippen molar-refractivity contribution in [1.29, 1.82) is 0 Å². The molecule has 1 aliphatic rings. The number of halogens is 2. The van der Waals surface area contributed by atoms with Crippen molar-refractivity contribution in [2.45, 2.75) is 38.3 Å². The van der Waals surface area contributed by atoms with Gasteiger partial charge < -0.3 is 25.0 Å². The van der Waals surface area contributed by atoms with E-state index in [4.69, 9.17) is 21.1 Å². The average molecular weight is 485 g/mol. The molecule has 1 aromatic heterocycles. The minimum atomic E-state index is -0.920. The molecule has 1 amide bonds. The first-order chi connectivity index (χ1) is 15.7. The lowest BCUT2D eigenvalue weighted by atomic mass is 10.2. The zero-order valence-electron chi connectivity index (χ0n) is 17.9. The lowest BCUT2D eigenvalue weighted by molar-refractivity contribution is -0.0464. The van der Waals surface area contributed by atoms with E-state index in [1.165, 1.54) is 16.8 Å². The highest BCUT2D eigenvalue weighted by Gasteiger charge is 2.35. The van der Waals surface area contributed by atoms with Gasteiger partial charge in [0.1, 0.15) is 18.1 Å². The standard InChI is InChI=1S/C21H25ClFN3O7/c1-12-10-26(18-9-16(28)17(11-27)33-18)21(31)25(20(12)30)5-7-32-6-4-24-19(29)14-3-2-13(23)8-15(14)22/h2-3,8,10,16-18,27-28H,4-7,9,11H2,1H3,(H,24,29)/t16-,17+,18+/m0/s1/i23-1. The monoisotopic (exact) mass is 484 g/mol. The molecule has 12 heteroatoms. The van der Waals surface area contributed by atoms with Crippen LogP contribution >= 0.6 is 11.6 Å². The maximum Gasteiger partial charge on any atom is 0.333 e. The minimum Gasteiger partial charge on any atom is -0.394 e. The quantitative estimate of drug-likeness (QED) is 0.433. The number of aromatic nitrogens is 2. The fourth-order valence-electron chi connectivity index (χ4n) is 3.48. The van der Waals surface area contributed by atoms with Crippen LogP contribution in [0.1, 0.15) is 28.6 Å². The highest BCUT2D eigenvalue weighted by Crippen LogP contribution is 2.27. The minimum absolute atomic E-state index is 0.00686. The van der Waals surface area contributed by atoms with Gasteiger partial charge in [0.2, 0.25) is 0 Å². The average Bonchev–Trinajstić information content (AvgIpc) is 3.15. The van der Waals surface area contributed by atoms with Crippen molar-refractivity contribution in [3.8, 4) is 0 Å². The SMILES string of the molecule is Cc1cn([C@H]2C[C@H](O)[C@@H](CO)O2)c(=O)n(CCOCCNC(=O)c2ccc([18F])cc2Cl)c1=O. The molecular weight excluding hydrogens is 460 g/mol. The zero-order chi connectivity index (χ0) is 24.1. The Hall–Kier alpha value is -2.57. The van der Waals surface area contributed by atoms with Crippen LogP contribution in [-0.2, 0) is 16.0 Å². The lowest BCUT2D eigenvalue weighted by Crippen LogP contribution is -2.43. The fraction of sp³-hybridized carbons (Fsp3) is 0.476. The fourth-order valence-corrected chi connectivity index (χ4v) is 3.73. The number of aliphatic hydroxyl groups excluding tert-OH is 2. The Morgan fingerprint density at radius 2 is 2.12 bits per heavy atom. The van der Waals surface area contributed by atoms with E-state index in [0.29, 0.717) is 5.56 Å². The van der Waals surface area contributed by atoms with Gasteiger partial charge in [-0.1, -0.05) is 11.6 Å². The van der Waals surface area contributed by atoms with Crippen LogP contribution in [0, 0.1) is 12.7 Å². The summed E-state index contributed by atoms with van der Waals surface area (Å²) in [5.41, 5.74) is -0.656. The van der Waals surface area contributed by atoms with Crippen molar-refractivity contribution in [3.63, 3.8) is 0 Å². The Balaban J connectivity index is 1.54. The van der Waals surface area contributed by atoms with Crippen molar-refractivity contribution in [3.05, 3.63) is 67.2 Å². The van der Waals surface area contributed by atoms with E-state index in [2.05, 4.69) is 5.32 Å². The number of nitrogens with one attached hydrogen (secondary N) is 1. The number of hydrogen-bond acceptors (Lipinski definition) is 7. The number of benzene rings is 1. The van der Waals surface area contributed by atoms with E-state index in [9.17, 15) is 29.0 Å². The van der Waals surface area contributed by atoms with Crippen molar-refractivity contribution in [2.75, 3.05) is 26.4 Å². The molecule has 2 aromatic rings. The summed E-state index contributed by atoms with van der Waals surface area (Å²) in [5, 5.41) is 21.7. The van der Waals surface area contributed by atoms with Crippen molar-refractivity contribution >= 4 is 17.5 Å². The van der Waals surface area contributed by atoms with E-state index < -0.39 is 41.4 Å². The number of nitrogens with zero attached hydrogens (tertiary/aromatic N) is 2. The van der Waals surface area contributed by atoms with Crippen LogP contribution in [-0.4, -0.2) is 63.8 Å². The van der Waals surface area contributed by atoms with Gasteiger partial charge in [-0.3, -0.25) is 18.7 Å². The Kier molecular flexibility index (Phi) is 8.38. The van der Waals surface area contributed by atoms with Gasteiger partial charge in [-0.15, -0.1) is 0 Å². The Bertz CT molecular complexity index is 1120. The molecule has 0 spiro atoms. The maximum atomic E-state index is 13.1. The summed E-state index contributed by atoms with van der Waals surface area (Å²) in [4.78, 5) is 37.3. The number of carbonyl (C=O) groups excluding carboxylic acids is 1. The predicted molar refractivity (Wildman–Crippen MR) is 116 cm³/mol. The summed E-state index contributed by atoms with van der Waals surface area (Å²) in [6, 6.07) is 3.45. The summed E-state index contributed by atoms with van der Waals surface area (Å²) >= 11 is 5.85.